The van der Waals surface area contributed by atoms with E-state index >= 15 is 0 Å². The Morgan fingerprint density at radius 1 is 1.44 bits per heavy atom. The molecule has 16 heavy (non-hydrogen) atoms. The third kappa shape index (κ3) is 2.36. The quantitative estimate of drug-likeness (QED) is 0.882. The first kappa shape index (κ1) is 11.4. The van der Waals surface area contributed by atoms with Gasteiger partial charge in [0, 0.05) is 11.1 Å². The van der Waals surface area contributed by atoms with E-state index < -0.39 is 0 Å². The average Bonchev–Trinajstić information content (AvgIpc) is 2.76. The molecule has 1 N–H and O–H groups in total. The minimum atomic E-state index is 0.228. The zero-order valence-corrected chi connectivity index (χ0v) is 10.8. The van der Waals surface area contributed by atoms with E-state index in [1.54, 1.807) is 11.3 Å². The number of para-hydroxylation sites is 1. The second-order valence-corrected chi connectivity index (χ2v) is 5.03. The van der Waals surface area contributed by atoms with Gasteiger partial charge in [0.05, 0.1) is 22.3 Å². The number of nitrogens with zero attached hydrogens (tertiary/aromatic N) is 1. The number of hydrogen-bond acceptors (Lipinski definition) is 3. The zero-order valence-electron chi connectivity index (χ0n) is 9.20. The Bertz CT molecular complexity index is 448. The van der Waals surface area contributed by atoms with Crippen LogP contribution < -0.4 is 5.32 Å². The molecule has 1 unspecified atom stereocenters. The summed E-state index contributed by atoms with van der Waals surface area (Å²) in [4.78, 5) is 5.28. The molecule has 2 nitrogen and oxygen atoms in total. The highest BCUT2D eigenvalue weighted by Gasteiger charge is 2.10. The molecule has 4 heteroatoms. The van der Waals surface area contributed by atoms with Gasteiger partial charge in [0.2, 0.25) is 0 Å². The van der Waals surface area contributed by atoms with Crippen molar-refractivity contribution in [3.8, 4) is 0 Å². The van der Waals surface area contributed by atoms with Gasteiger partial charge in [-0.15, -0.1) is 11.3 Å². The van der Waals surface area contributed by atoms with Crippen LogP contribution in [0, 0.1) is 6.92 Å². The number of rotatable bonds is 3. The zero-order chi connectivity index (χ0) is 11.5. The maximum Gasteiger partial charge on any atom is 0.0795 e. The number of hydrogen-bond donors (Lipinski definition) is 1. The molecule has 0 aliphatic heterocycles. The first-order valence-electron chi connectivity index (χ1n) is 5.08. The fourth-order valence-electron chi connectivity index (χ4n) is 1.54. The number of aryl methyl sites for hydroxylation is 1. The molecule has 1 aromatic heterocycles. The molecule has 0 aliphatic rings. The summed E-state index contributed by atoms with van der Waals surface area (Å²) >= 11 is 7.81. The molecule has 0 saturated carbocycles. The normalized spacial score (nSPS) is 12.4. The van der Waals surface area contributed by atoms with Crippen LogP contribution in [0.1, 0.15) is 23.4 Å². The van der Waals surface area contributed by atoms with Crippen molar-refractivity contribution in [3.05, 3.63) is 45.4 Å². The highest BCUT2D eigenvalue weighted by molar-refractivity contribution is 7.09. The van der Waals surface area contributed by atoms with Crippen molar-refractivity contribution >= 4 is 28.6 Å². The first-order valence-corrected chi connectivity index (χ1v) is 6.34. The summed E-state index contributed by atoms with van der Waals surface area (Å²) in [5, 5.41) is 4.18. The molecule has 2 aromatic rings. The summed E-state index contributed by atoms with van der Waals surface area (Å²) in [6.07, 6.45) is 1.88. The van der Waals surface area contributed by atoms with E-state index in [1.165, 1.54) is 4.88 Å². The van der Waals surface area contributed by atoms with Crippen LogP contribution in [-0.2, 0) is 0 Å². The van der Waals surface area contributed by atoms with E-state index in [-0.39, 0.29) is 6.04 Å². The monoisotopic (exact) mass is 252 g/mol. The van der Waals surface area contributed by atoms with Gasteiger partial charge in [-0.05, 0) is 25.5 Å². The fraction of sp³-hybridized carbons (Fsp3) is 0.250. The Kier molecular flexibility index (Phi) is 3.46. The van der Waals surface area contributed by atoms with Crippen molar-refractivity contribution < 1.29 is 0 Å². The lowest BCUT2D eigenvalue weighted by Crippen LogP contribution is -2.06. The third-order valence-electron chi connectivity index (χ3n) is 2.46. The minimum Gasteiger partial charge on any atom is -0.376 e. The number of aromatic nitrogens is 1. The number of benzene rings is 1. The summed E-state index contributed by atoms with van der Waals surface area (Å²) in [6, 6.07) is 6.13. The Morgan fingerprint density at radius 2 is 2.25 bits per heavy atom. The van der Waals surface area contributed by atoms with Crippen LogP contribution in [0.25, 0.3) is 0 Å². The van der Waals surface area contributed by atoms with Crippen molar-refractivity contribution in [3.63, 3.8) is 0 Å². The van der Waals surface area contributed by atoms with Crippen LogP contribution in [0.3, 0.4) is 0 Å². The van der Waals surface area contributed by atoms with E-state index in [1.807, 2.05) is 36.8 Å². The van der Waals surface area contributed by atoms with E-state index in [2.05, 4.69) is 17.2 Å². The van der Waals surface area contributed by atoms with Crippen molar-refractivity contribution in [1.29, 1.82) is 0 Å². The van der Waals surface area contributed by atoms with Gasteiger partial charge in [-0.2, -0.15) is 0 Å². The van der Waals surface area contributed by atoms with Crippen LogP contribution in [-0.4, -0.2) is 4.98 Å². The molecule has 1 aromatic carbocycles. The highest BCUT2D eigenvalue weighted by atomic mass is 35.5. The van der Waals surface area contributed by atoms with Crippen LogP contribution in [0.2, 0.25) is 5.02 Å². The molecule has 0 bridgehead atoms. The number of anilines is 1. The number of thiazole rings is 1. The molecule has 0 fully saturated rings. The fourth-order valence-corrected chi connectivity index (χ4v) is 2.45. The molecule has 2 rings (SSSR count). The lowest BCUT2D eigenvalue weighted by Gasteiger charge is -2.16. The van der Waals surface area contributed by atoms with E-state index in [9.17, 15) is 0 Å². The molecule has 0 saturated heterocycles. The molecule has 0 aliphatic carbocycles. The van der Waals surface area contributed by atoms with Gasteiger partial charge < -0.3 is 5.32 Å². The Balaban J connectivity index is 2.21. The van der Waals surface area contributed by atoms with E-state index in [0.29, 0.717) is 0 Å². The lowest BCUT2D eigenvalue weighted by molar-refractivity contribution is 0.901. The third-order valence-corrected chi connectivity index (χ3v) is 3.73. The van der Waals surface area contributed by atoms with Gasteiger partial charge >= 0.3 is 0 Å². The molecule has 0 amide bonds. The summed E-state index contributed by atoms with van der Waals surface area (Å²) in [6.45, 7) is 4.16. The van der Waals surface area contributed by atoms with Gasteiger partial charge in [-0.1, -0.05) is 23.7 Å². The predicted molar refractivity (Wildman–Crippen MR) is 70.3 cm³/mol. The molecule has 1 atom stereocenters. The van der Waals surface area contributed by atoms with Gasteiger partial charge in [-0.3, -0.25) is 4.98 Å². The number of nitrogens with one attached hydrogen (secondary N) is 1. The second kappa shape index (κ2) is 4.85. The number of halogens is 1. The van der Waals surface area contributed by atoms with E-state index in [4.69, 9.17) is 11.6 Å². The van der Waals surface area contributed by atoms with Crippen molar-refractivity contribution in [2.24, 2.45) is 0 Å². The topological polar surface area (TPSA) is 24.9 Å². The first-order chi connectivity index (χ1) is 7.68. The van der Waals surface area contributed by atoms with Crippen LogP contribution >= 0.6 is 22.9 Å². The molecular formula is C12H13ClN2S. The Morgan fingerprint density at radius 3 is 2.88 bits per heavy atom. The van der Waals surface area contributed by atoms with Crippen LogP contribution in [0.5, 0.6) is 0 Å². The minimum absolute atomic E-state index is 0.228. The average molecular weight is 253 g/mol. The largest absolute Gasteiger partial charge is 0.376 e. The molecular weight excluding hydrogens is 240 g/mol. The second-order valence-electron chi connectivity index (χ2n) is 3.70. The van der Waals surface area contributed by atoms with Crippen LogP contribution in [0.15, 0.2) is 29.9 Å². The van der Waals surface area contributed by atoms with Gasteiger partial charge in [0.25, 0.3) is 0 Å². The molecule has 84 valence electrons. The highest BCUT2D eigenvalue weighted by Crippen LogP contribution is 2.29. The van der Waals surface area contributed by atoms with Crippen molar-refractivity contribution in [1.82, 2.24) is 4.98 Å². The molecule has 0 radical (unpaired) electrons. The summed E-state index contributed by atoms with van der Waals surface area (Å²) in [5.41, 5.74) is 4.00. The Hall–Kier alpha value is -1.06. The summed E-state index contributed by atoms with van der Waals surface area (Å²) < 4.78 is 0. The van der Waals surface area contributed by atoms with Gasteiger partial charge in [-0.25, -0.2) is 0 Å². The predicted octanol–water partition coefficient (Wildman–Crippen LogP) is 4.28. The Labute approximate surface area is 104 Å². The maximum atomic E-state index is 6.16. The molecule has 0 spiro atoms. The van der Waals surface area contributed by atoms with Crippen LogP contribution in [0.4, 0.5) is 5.69 Å². The van der Waals surface area contributed by atoms with Crippen molar-refractivity contribution in [2.75, 3.05) is 5.32 Å². The summed E-state index contributed by atoms with van der Waals surface area (Å²) in [5.74, 6) is 0. The molecule has 1 heterocycles. The smallest absolute Gasteiger partial charge is 0.0795 e. The maximum absolute atomic E-state index is 6.16. The van der Waals surface area contributed by atoms with Gasteiger partial charge in [0.15, 0.2) is 0 Å². The summed E-state index contributed by atoms with van der Waals surface area (Å²) in [7, 11) is 0. The van der Waals surface area contributed by atoms with Gasteiger partial charge in [0.1, 0.15) is 0 Å². The lowest BCUT2D eigenvalue weighted by atomic mass is 10.2. The SMILES string of the molecule is Cc1cccc(Cl)c1NC(C)c1cncs1. The standard InChI is InChI=1S/C12H13ClN2S/c1-8-4-3-5-10(13)12(8)15-9(2)11-6-14-7-16-11/h3-7,9,15H,1-2H3. The van der Waals surface area contributed by atoms with Crippen molar-refractivity contribution in [2.45, 2.75) is 19.9 Å². The van der Waals surface area contributed by atoms with E-state index in [0.717, 1.165) is 16.3 Å².